The minimum atomic E-state index is 0.556. The molecule has 1 N–H and O–H groups in total. The number of nitrogens with one attached hydrogen (secondary N) is 1. The molecule has 3 aromatic heterocycles. The number of hydrogen-bond acceptors (Lipinski definition) is 6. The molecule has 20 heavy (non-hydrogen) atoms. The number of nitrogens with zero attached hydrogens (tertiary/aromatic N) is 5. The van der Waals surface area contributed by atoms with E-state index in [0.717, 1.165) is 34.3 Å². The molecule has 1 aliphatic rings. The lowest BCUT2D eigenvalue weighted by molar-refractivity contribution is 0.597. The lowest BCUT2D eigenvalue weighted by Crippen LogP contribution is -2.23. The van der Waals surface area contributed by atoms with Crippen molar-refractivity contribution < 1.29 is 0 Å². The molecule has 4 rings (SSSR count). The number of aromatic nitrogens is 5. The van der Waals surface area contributed by atoms with E-state index in [2.05, 4.69) is 25.6 Å². The van der Waals surface area contributed by atoms with Crippen LogP contribution in [0.25, 0.3) is 16.3 Å². The standard InChI is InChI=1S/C13H14N6S/c1-3-9(8-14-5-1)12-16-17-13-19(12)18-11(20-13)7-10-4-2-6-15-10/h1,3,5,8,10,15H,2,4,6-7H2. The third kappa shape index (κ3) is 2.08. The SMILES string of the molecule is c1cncc(-c2nnc3sc(CC4CCCN4)nn23)c1. The summed E-state index contributed by atoms with van der Waals surface area (Å²) in [6.07, 6.45) is 7.00. The summed E-state index contributed by atoms with van der Waals surface area (Å²) in [5.41, 5.74) is 0.941. The molecule has 102 valence electrons. The Morgan fingerprint density at radius 1 is 1.40 bits per heavy atom. The van der Waals surface area contributed by atoms with Crippen molar-refractivity contribution in [3.63, 3.8) is 0 Å². The maximum atomic E-state index is 4.65. The van der Waals surface area contributed by atoms with Gasteiger partial charge in [0, 0.05) is 30.4 Å². The Bertz CT molecular complexity index is 713. The van der Waals surface area contributed by atoms with Crippen LogP contribution in [-0.2, 0) is 6.42 Å². The van der Waals surface area contributed by atoms with Crippen LogP contribution >= 0.6 is 11.3 Å². The van der Waals surface area contributed by atoms with Crippen molar-refractivity contribution >= 4 is 16.3 Å². The van der Waals surface area contributed by atoms with E-state index in [9.17, 15) is 0 Å². The van der Waals surface area contributed by atoms with Crippen LogP contribution in [0.3, 0.4) is 0 Å². The van der Waals surface area contributed by atoms with E-state index in [1.165, 1.54) is 12.8 Å². The molecule has 1 aliphatic heterocycles. The van der Waals surface area contributed by atoms with Gasteiger partial charge >= 0.3 is 0 Å². The monoisotopic (exact) mass is 286 g/mol. The van der Waals surface area contributed by atoms with Gasteiger partial charge in [0.05, 0.1) is 0 Å². The zero-order valence-electron chi connectivity index (χ0n) is 10.9. The Labute approximate surface area is 119 Å². The predicted octanol–water partition coefficient (Wildman–Crippen LogP) is 1.54. The van der Waals surface area contributed by atoms with E-state index in [1.807, 2.05) is 16.6 Å². The highest BCUT2D eigenvalue weighted by atomic mass is 32.1. The molecule has 0 radical (unpaired) electrons. The van der Waals surface area contributed by atoms with E-state index in [4.69, 9.17) is 0 Å². The lowest BCUT2D eigenvalue weighted by atomic mass is 10.2. The molecule has 1 fully saturated rings. The number of pyridine rings is 1. The summed E-state index contributed by atoms with van der Waals surface area (Å²) < 4.78 is 1.83. The normalized spacial score (nSPS) is 18.9. The van der Waals surface area contributed by atoms with Gasteiger partial charge in [-0.3, -0.25) is 4.98 Å². The zero-order valence-corrected chi connectivity index (χ0v) is 11.7. The minimum Gasteiger partial charge on any atom is -0.314 e. The van der Waals surface area contributed by atoms with Crippen LogP contribution in [0, 0.1) is 0 Å². The van der Waals surface area contributed by atoms with E-state index in [-0.39, 0.29) is 0 Å². The molecule has 0 amide bonds. The summed E-state index contributed by atoms with van der Waals surface area (Å²) in [7, 11) is 0. The third-order valence-corrected chi connectivity index (χ3v) is 4.46. The van der Waals surface area contributed by atoms with Crippen LogP contribution in [0.4, 0.5) is 0 Å². The van der Waals surface area contributed by atoms with Crippen LogP contribution in [0.5, 0.6) is 0 Å². The molecule has 0 aromatic carbocycles. The van der Waals surface area contributed by atoms with Crippen LogP contribution in [0.1, 0.15) is 17.8 Å². The van der Waals surface area contributed by atoms with Gasteiger partial charge in [0.15, 0.2) is 5.82 Å². The molecule has 1 saturated heterocycles. The summed E-state index contributed by atoms with van der Waals surface area (Å²) in [5.74, 6) is 0.759. The highest BCUT2D eigenvalue weighted by Crippen LogP contribution is 2.22. The molecule has 0 aliphatic carbocycles. The molecule has 4 heterocycles. The van der Waals surface area contributed by atoms with Crippen LogP contribution in [0.15, 0.2) is 24.5 Å². The third-order valence-electron chi connectivity index (χ3n) is 3.54. The predicted molar refractivity (Wildman–Crippen MR) is 76.6 cm³/mol. The smallest absolute Gasteiger partial charge is 0.234 e. The molecule has 0 bridgehead atoms. The lowest BCUT2D eigenvalue weighted by Gasteiger charge is -2.05. The first kappa shape index (κ1) is 11.9. The van der Waals surface area contributed by atoms with Crippen molar-refractivity contribution in [2.24, 2.45) is 0 Å². The Hall–Kier alpha value is -1.86. The molecule has 0 saturated carbocycles. The maximum absolute atomic E-state index is 4.65. The Morgan fingerprint density at radius 2 is 2.40 bits per heavy atom. The second-order valence-electron chi connectivity index (χ2n) is 4.95. The molecule has 1 atom stereocenters. The molecule has 1 unspecified atom stereocenters. The highest BCUT2D eigenvalue weighted by Gasteiger charge is 2.19. The topological polar surface area (TPSA) is 68.0 Å². The van der Waals surface area contributed by atoms with Crippen molar-refractivity contribution in [2.45, 2.75) is 25.3 Å². The van der Waals surface area contributed by atoms with Gasteiger partial charge in [0.25, 0.3) is 0 Å². The van der Waals surface area contributed by atoms with E-state index in [1.54, 1.807) is 23.7 Å². The summed E-state index contributed by atoms with van der Waals surface area (Å²) >= 11 is 1.62. The first-order valence-electron chi connectivity index (χ1n) is 6.75. The first-order valence-corrected chi connectivity index (χ1v) is 7.57. The van der Waals surface area contributed by atoms with Gasteiger partial charge in [-0.05, 0) is 31.5 Å². The number of hydrogen-bond donors (Lipinski definition) is 1. The molecule has 6 nitrogen and oxygen atoms in total. The maximum Gasteiger partial charge on any atom is 0.234 e. The molecule has 3 aromatic rings. The largest absolute Gasteiger partial charge is 0.314 e. The molecular weight excluding hydrogens is 272 g/mol. The second-order valence-corrected chi connectivity index (χ2v) is 5.99. The number of fused-ring (bicyclic) bond motifs is 1. The Morgan fingerprint density at radius 3 is 3.20 bits per heavy atom. The van der Waals surface area contributed by atoms with Crippen molar-refractivity contribution in [3.8, 4) is 11.4 Å². The molecule has 0 spiro atoms. The second kappa shape index (κ2) is 4.92. The van der Waals surface area contributed by atoms with E-state index < -0.39 is 0 Å². The van der Waals surface area contributed by atoms with Gasteiger partial charge in [0.2, 0.25) is 4.96 Å². The van der Waals surface area contributed by atoms with E-state index in [0.29, 0.717) is 6.04 Å². The van der Waals surface area contributed by atoms with Gasteiger partial charge in [-0.25, -0.2) is 0 Å². The Kier molecular flexibility index (Phi) is 2.93. The molecular formula is C13H14N6S. The van der Waals surface area contributed by atoms with Gasteiger partial charge < -0.3 is 5.32 Å². The van der Waals surface area contributed by atoms with Gasteiger partial charge in [-0.15, -0.1) is 10.2 Å². The van der Waals surface area contributed by atoms with Crippen molar-refractivity contribution in [2.75, 3.05) is 6.54 Å². The average Bonchev–Trinajstić information content (AvgIpc) is 3.17. The molecule has 7 heteroatoms. The number of rotatable bonds is 3. The van der Waals surface area contributed by atoms with Crippen molar-refractivity contribution in [1.82, 2.24) is 30.1 Å². The summed E-state index contributed by atoms with van der Waals surface area (Å²) in [5, 5.41) is 17.7. The summed E-state index contributed by atoms with van der Waals surface area (Å²) in [6, 6.07) is 4.42. The van der Waals surface area contributed by atoms with Crippen LogP contribution in [-0.4, -0.2) is 37.4 Å². The fourth-order valence-electron chi connectivity index (χ4n) is 2.56. The van der Waals surface area contributed by atoms with Gasteiger partial charge in [-0.2, -0.15) is 9.61 Å². The van der Waals surface area contributed by atoms with E-state index >= 15 is 0 Å². The average molecular weight is 286 g/mol. The van der Waals surface area contributed by atoms with Crippen LogP contribution in [0.2, 0.25) is 0 Å². The van der Waals surface area contributed by atoms with Crippen molar-refractivity contribution in [3.05, 3.63) is 29.5 Å². The first-order chi connectivity index (χ1) is 9.90. The van der Waals surface area contributed by atoms with Gasteiger partial charge in [-0.1, -0.05) is 11.3 Å². The zero-order chi connectivity index (χ0) is 13.4. The quantitative estimate of drug-likeness (QED) is 0.791. The highest BCUT2D eigenvalue weighted by molar-refractivity contribution is 7.16. The summed E-state index contributed by atoms with van der Waals surface area (Å²) in [6.45, 7) is 1.12. The van der Waals surface area contributed by atoms with Gasteiger partial charge in [0.1, 0.15) is 5.01 Å². The Balaban J connectivity index is 1.68. The summed E-state index contributed by atoms with van der Waals surface area (Å²) in [4.78, 5) is 4.97. The van der Waals surface area contributed by atoms with Crippen molar-refractivity contribution in [1.29, 1.82) is 0 Å². The minimum absolute atomic E-state index is 0.556. The fourth-order valence-corrected chi connectivity index (χ4v) is 3.47. The van der Waals surface area contributed by atoms with Crippen LogP contribution < -0.4 is 5.32 Å². The fraction of sp³-hybridized carbons (Fsp3) is 0.385.